The molecule has 0 aliphatic heterocycles. The Bertz CT molecular complexity index is 731. The van der Waals surface area contributed by atoms with Crippen LogP contribution in [0.25, 0.3) is 0 Å². The second-order valence-corrected chi connectivity index (χ2v) is 10.3. The van der Waals surface area contributed by atoms with Crippen LogP contribution in [0.5, 0.6) is 0 Å². The Labute approximate surface area is 169 Å². The van der Waals surface area contributed by atoms with Gasteiger partial charge in [-0.1, -0.05) is 43.7 Å². The number of fused-ring (bicyclic) bond motifs is 5. The normalized spacial score (nSPS) is 44.4. The highest BCUT2D eigenvalue weighted by Crippen LogP contribution is 2.65. The van der Waals surface area contributed by atoms with Crippen molar-refractivity contribution >= 4 is 5.69 Å². The molecule has 4 N–H and O–H groups in total. The molecule has 154 valence electrons. The molecule has 3 fully saturated rings. The van der Waals surface area contributed by atoms with Crippen molar-refractivity contribution in [2.24, 2.45) is 28.6 Å². The number of hydrogen-bond donors (Lipinski definition) is 2. The second-order valence-electron chi connectivity index (χ2n) is 10.3. The standard InChI is InChI=1S/C25H35NO.H2O/c1-24-14-12-19(27)16-17(24)8-9-20-21-10-11-23(25(21,2)15-13-22(20)24)26-18-6-4-3-5-7-18;/h3-8,19-23,26-27H,9-16H2,1-2H3;1H2/t19-,20-,21-,22-,23-,24-,25-;/m0./s1. The lowest BCUT2D eigenvalue weighted by molar-refractivity contribution is -0.0385. The summed E-state index contributed by atoms with van der Waals surface area (Å²) in [6, 6.07) is 11.4. The number of aliphatic hydroxyl groups excluding tert-OH is 1. The molecule has 1 aromatic carbocycles. The van der Waals surface area contributed by atoms with Gasteiger partial charge in [0.2, 0.25) is 0 Å². The van der Waals surface area contributed by atoms with Gasteiger partial charge >= 0.3 is 0 Å². The smallest absolute Gasteiger partial charge is 0.0577 e. The van der Waals surface area contributed by atoms with Gasteiger partial charge in [-0.05, 0) is 92.1 Å². The Morgan fingerprint density at radius 1 is 0.964 bits per heavy atom. The van der Waals surface area contributed by atoms with Crippen molar-refractivity contribution in [3.63, 3.8) is 0 Å². The third-order valence-electron chi connectivity index (χ3n) is 9.19. The number of nitrogens with one attached hydrogen (secondary N) is 1. The van der Waals surface area contributed by atoms with E-state index in [1.165, 1.54) is 44.2 Å². The van der Waals surface area contributed by atoms with Crippen LogP contribution in [0.15, 0.2) is 42.0 Å². The monoisotopic (exact) mass is 383 g/mol. The van der Waals surface area contributed by atoms with Gasteiger partial charge in [0, 0.05) is 11.7 Å². The van der Waals surface area contributed by atoms with E-state index in [0.717, 1.165) is 30.6 Å². The molecule has 5 rings (SSSR count). The van der Waals surface area contributed by atoms with Gasteiger partial charge in [0.1, 0.15) is 0 Å². The molecule has 0 heterocycles. The minimum Gasteiger partial charge on any atom is -0.412 e. The highest BCUT2D eigenvalue weighted by Gasteiger charge is 2.58. The summed E-state index contributed by atoms with van der Waals surface area (Å²) in [7, 11) is 0. The van der Waals surface area contributed by atoms with E-state index in [2.05, 4.69) is 55.6 Å². The van der Waals surface area contributed by atoms with Crippen molar-refractivity contribution in [3.05, 3.63) is 42.0 Å². The maximum absolute atomic E-state index is 10.2. The van der Waals surface area contributed by atoms with Crippen LogP contribution in [0.4, 0.5) is 5.69 Å². The fourth-order valence-corrected chi connectivity index (χ4v) is 7.61. The van der Waals surface area contributed by atoms with Crippen molar-refractivity contribution in [1.82, 2.24) is 0 Å². The fourth-order valence-electron chi connectivity index (χ4n) is 7.61. The second kappa shape index (κ2) is 7.18. The van der Waals surface area contributed by atoms with Crippen LogP contribution >= 0.6 is 0 Å². The van der Waals surface area contributed by atoms with Crippen molar-refractivity contribution in [3.8, 4) is 0 Å². The van der Waals surface area contributed by atoms with Gasteiger partial charge in [0.05, 0.1) is 6.10 Å². The average molecular weight is 384 g/mol. The first kappa shape index (κ1) is 20.0. The van der Waals surface area contributed by atoms with Crippen LogP contribution in [0.3, 0.4) is 0 Å². The predicted octanol–water partition coefficient (Wildman–Crippen LogP) is 4.97. The Morgan fingerprint density at radius 2 is 1.75 bits per heavy atom. The molecule has 0 bridgehead atoms. The maximum atomic E-state index is 10.2. The average Bonchev–Trinajstić information content (AvgIpc) is 3.00. The zero-order valence-electron chi connectivity index (χ0n) is 17.5. The van der Waals surface area contributed by atoms with Crippen LogP contribution < -0.4 is 5.32 Å². The third-order valence-corrected chi connectivity index (χ3v) is 9.19. The van der Waals surface area contributed by atoms with Crippen LogP contribution in [-0.4, -0.2) is 22.7 Å². The number of aliphatic hydroxyl groups is 1. The van der Waals surface area contributed by atoms with Crippen molar-refractivity contribution in [2.75, 3.05) is 5.32 Å². The van der Waals surface area contributed by atoms with E-state index in [1.54, 1.807) is 5.57 Å². The summed E-state index contributed by atoms with van der Waals surface area (Å²) < 4.78 is 0. The zero-order valence-corrected chi connectivity index (χ0v) is 17.5. The minimum absolute atomic E-state index is 0. The van der Waals surface area contributed by atoms with E-state index in [4.69, 9.17) is 0 Å². The molecule has 1 aromatic rings. The molecule has 0 saturated heterocycles. The Morgan fingerprint density at radius 3 is 2.54 bits per heavy atom. The zero-order chi connectivity index (χ0) is 18.6. The van der Waals surface area contributed by atoms with Crippen molar-refractivity contribution in [1.29, 1.82) is 0 Å². The molecular weight excluding hydrogens is 346 g/mol. The van der Waals surface area contributed by atoms with Gasteiger partial charge in [-0.2, -0.15) is 0 Å². The molecule has 3 saturated carbocycles. The van der Waals surface area contributed by atoms with E-state index in [-0.39, 0.29) is 11.6 Å². The van der Waals surface area contributed by atoms with Gasteiger partial charge in [-0.15, -0.1) is 0 Å². The van der Waals surface area contributed by atoms with E-state index >= 15 is 0 Å². The lowest BCUT2D eigenvalue weighted by Crippen LogP contribution is -2.52. The van der Waals surface area contributed by atoms with E-state index in [0.29, 0.717) is 16.9 Å². The SMILES string of the molecule is C[C@]12CC[C@H]3[C@@H](CC=C4C[C@@H](O)CC[C@@]43C)[C@@H]1CC[C@@H]2Nc1ccccc1.O. The summed E-state index contributed by atoms with van der Waals surface area (Å²) in [6.45, 7) is 5.10. The molecule has 0 aromatic heterocycles. The van der Waals surface area contributed by atoms with Crippen molar-refractivity contribution < 1.29 is 10.6 Å². The van der Waals surface area contributed by atoms with Crippen molar-refractivity contribution in [2.45, 2.75) is 77.4 Å². The van der Waals surface area contributed by atoms with Gasteiger partial charge in [-0.25, -0.2) is 0 Å². The first-order chi connectivity index (χ1) is 13.0. The Hall–Kier alpha value is -1.32. The lowest BCUT2D eigenvalue weighted by Gasteiger charge is -2.58. The number of para-hydroxylation sites is 1. The van der Waals surface area contributed by atoms with Crippen LogP contribution in [-0.2, 0) is 0 Å². The summed E-state index contributed by atoms with van der Waals surface area (Å²) in [5, 5.41) is 14.1. The largest absolute Gasteiger partial charge is 0.412 e. The first-order valence-corrected chi connectivity index (χ1v) is 11.2. The van der Waals surface area contributed by atoms with E-state index in [9.17, 15) is 5.11 Å². The number of hydrogen-bond acceptors (Lipinski definition) is 2. The number of rotatable bonds is 2. The molecule has 0 spiro atoms. The number of allylic oxidation sites excluding steroid dienone is 1. The van der Waals surface area contributed by atoms with Gasteiger partial charge in [0.15, 0.2) is 0 Å². The summed E-state index contributed by atoms with van der Waals surface area (Å²) in [4.78, 5) is 0. The van der Waals surface area contributed by atoms with Gasteiger partial charge < -0.3 is 15.9 Å². The summed E-state index contributed by atoms with van der Waals surface area (Å²) in [5.74, 6) is 2.52. The minimum atomic E-state index is -0.0966. The van der Waals surface area contributed by atoms with Crippen LogP contribution in [0, 0.1) is 28.6 Å². The third kappa shape index (κ3) is 2.93. The molecule has 28 heavy (non-hydrogen) atoms. The van der Waals surface area contributed by atoms with Crippen LogP contribution in [0.2, 0.25) is 0 Å². The Kier molecular flexibility index (Phi) is 5.12. The fraction of sp³-hybridized carbons (Fsp3) is 0.680. The topological polar surface area (TPSA) is 63.8 Å². The molecule has 0 radical (unpaired) electrons. The molecule has 0 amide bonds. The lowest BCUT2D eigenvalue weighted by atomic mass is 9.48. The summed E-state index contributed by atoms with van der Waals surface area (Å²) in [5.41, 5.74) is 3.65. The molecule has 4 aliphatic carbocycles. The highest BCUT2D eigenvalue weighted by molar-refractivity contribution is 5.44. The molecule has 0 unspecified atom stereocenters. The first-order valence-electron chi connectivity index (χ1n) is 11.2. The van der Waals surface area contributed by atoms with Crippen LogP contribution in [0.1, 0.15) is 65.2 Å². The van der Waals surface area contributed by atoms with E-state index < -0.39 is 0 Å². The molecule has 3 heteroatoms. The Balaban J connectivity index is 0.00000192. The number of anilines is 1. The van der Waals surface area contributed by atoms with Gasteiger partial charge in [-0.3, -0.25) is 0 Å². The van der Waals surface area contributed by atoms with E-state index in [1.807, 2.05) is 0 Å². The number of benzene rings is 1. The maximum Gasteiger partial charge on any atom is 0.0577 e. The summed E-state index contributed by atoms with van der Waals surface area (Å²) in [6.07, 6.45) is 12.2. The molecule has 7 atom stereocenters. The molecular formula is C25H37NO2. The summed E-state index contributed by atoms with van der Waals surface area (Å²) >= 11 is 0. The highest BCUT2D eigenvalue weighted by atomic mass is 16.3. The molecule has 4 aliphatic rings. The quantitative estimate of drug-likeness (QED) is 0.709. The predicted molar refractivity (Wildman–Crippen MR) is 115 cm³/mol. The molecule has 3 nitrogen and oxygen atoms in total. The van der Waals surface area contributed by atoms with Gasteiger partial charge in [0.25, 0.3) is 0 Å².